The Morgan fingerprint density at radius 1 is 1.38 bits per heavy atom. The number of carbonyl (C=O) groups is 2. The van der Waals surface area contributed by atoms with Crippen molar-refractivity contribution in [3.8, 4) is 5.75 Å². The fraction of sp³-hybridized carbons (Fsp3) is 0.579. The van der Waals surface area contributed by atoms with Gasteiger partial charge in [-0.05, 0) is 50.3 Å². The predicted molar refractivity (Wildman–Crippen MR) is 94.0 cm³/mol. The lowest BCUT2D eigenvalue weighted by Crippen LogP contribution is -2.33. The molecule has 1 fully saturated rings. The van der Waals surface area contributed by atoms with Crippen molar-refractivity contribution in [3.63, 3.8) is 0 Å². The summed E-state index contributed by atoms with van der Waals surface area (Å²) in [5.41, 5.74) is 2.36. The van der Waals surface area contributed by atoms with E-state index < -0.39 is 0 Å². The Morgan fingerprint density at radius 3 is 2.83 bits per heavy atom. The molecule has 1 aliphatic heterocycles. The first-order chi connectivity index (χ1) is 11.5. The van der Waals surface area contributed by atoms with Gasteiger partial charge in [0.05, 0.1) is 12.5 Å². The average molecular weight is 332 g/mol. The van der Waals surface area contributed by atoms with Crippen LogP contribution in [0.25, 0.3) is 0 Å². The molecule has 1 N–H and O–H groups in total. The zero-order valence-corrected chi connectivity index (χ0v) is 14.9. The number of likely N-dealkylation sites (tertiary alicyclic amines) is 1. The number of benzene rings is 1. The Bertz CT molecular complexity index is 586. The standard InChI is InChI=1S/C19H28N2O3/c1-4-24-17-9-8-15(12-14(17)2)6-5-7-18(22)21-11-10-16(13-21)19(23)20-3/h8-9,12,16H,4-7,10-11,13H2,1-3H3,(H,20,23)/t16-/m0/s1. The minimum atomic E-state index is -0.0484. The van der Waals surface area contributed by atoms with Crippen LogP contribution in [0.4, 0.5) is 0 Å². The zero-order valence-electron chi connectivity index (χ0n) is 14.9. The number of nitrogens with one attached hydrogen (secondary N) is 1. The molecular weight excluding hydrogens is 304 g/mol. The van der Waals surface area contributed by atoms with Crippen LogP contribution in [0.2, 0.25) is 0 Å². The van der Waals surface area contributed by atoms with Gasteiger partial charge in [0, 0.05) is 26.6 Å². The number of carbonyl (C=O) groups excluding carboxylic acids is 2. The summed E-state index contributed by atoms with van der Waals surface area (Å²) in [4.78, 5) is 25.7. The summed E-state index contributed by atoms with van der Waals surface area (Å²) in [5, 5.41) is 2.66. The van der Waals surface area contributed by atoms with E-state index in [4.69, 9.17) is 4.74 Å². The highest BCUT2D eigenvalue weighted by Gasteiger charge is 2.29. The second kappa shape index (κ2) is 8.71. The normalized spacial score (nSPS) is 17.0. The van der Waals surface area contributed by atoms with Gasteiger partial charge in [0.2, 0.25) is 11.8 Å². The van der Waals surface area contributed by atoms with E-state index in [1.165, 1.54) is 5.56 Å². The van der Waals surface area contributed by atoms with Gasteiger partial charge in [-0.1, -0.05) is 12.1 Å². The summed E-state index contributed by atoms with van der Waals surface area (Å²) in [6, 6.07) is 6.21. The van der Waals surface area contributed by atoms with E-state index in [2.05, 4.69) is 17.4 Å². The van der Waals surface area contributed by atoms with E-state index >= 15 is 0 Å². The molecule has 2 amide bonds. The Balaban J connectivity index is 1.77. The molecule has 1 saturated heterocycles. The predicted octanol–water partition coefficient (Wildman–Crippen LogP) is 2.31. The second-order valence-electron chi connectivity index (χ2n) is 6.33. The van der Waals surface area contributed by atoms with E-state index in [-0.39, 0.29) is 17.7 Å². The quantitative estimate of drug-likeness (QED) is 0.833. The largest absolute Gasteiger partial charge is 0.494 e. The van der Waals surface area contributed by atoms with Gasteiger partial charge in [-0.25, -0.2) is 0 Å². The first-order valence-electron chi connectivity index (χ1n) is 8.76. The van der Waals surface area contributed by atoms with Crippen molar-refractivity contribution in [2.75, 3.05) is 26.7 Å². The average Bonchev–Trinajstić information content (AvgIpc) is 3.06. The van der Waals surface area contributed by atoms with Crippen molar-refractivity contribution in [1.82, 2.24) is 10.2 Å². The summed E-state index contributed by atoms with van der Waals surface area (Å²) in [7, 11) is 1.64. The van der Waals surface area contributed by atoms with Gasteiger partial charge < -0.3 is 15.0 Å². The number of hydrogen-bond acceptors (Lipinski definition) is 3. The Morgan fingerprint density at radius 2 is 2.17 bits per heavy atom. The molecule has 0 radical (unpaired) electrons. The van der Waals surface area contributed by atoms with Crippen LogP contribution in [0.15, 0.2) is 18.2 Å². The summed E-state index contributed by atoms with van der Waals surface area (Å²) in [5.74, 6) is 1.07. The highest BCUT2D eigenvalue weighted by molar-refractivity contribution is 5.81. The molecule has 132 valence electrons. The summed E-state index contributed by atoms with van der Waals surface area (Å²) >= 11 is 0. The van der Waals surface area contributed by atoms with Crippen LogP contribution < -0.4 is 10.1 Å². The number of nitrogens with zero attached hydrogens (tertiary/aromatic N) is 1. The third-order valence-corrected chi connectivity index (χ3v) is 4.55. The lowest BCUT2D eigenvalue weighted by Gasteiger charge is -2.16. The molecule has 0 bridgehead atoms. The topological polar surface area (TPSA) is 58.6 Å². The molecule has 1 aliphatic rings. The highest BCUT2D eigenvalue weighted by atomic mass is 16.5. The van der Waals surface area contributed by atoms with Gasteiger partial charge in [0.25, 0.3) is 0 Å². The third kappa shape index (κ3) is 4.73. The minimum Gasteiger partial charge on any atom is -0.494 e. The first kappa shape index (κ1) is 18.3. The fourth-order valence-electron chi connectivity index (χ4n) is 3.19. The maximum atomic E-state index is 12.3. The van der Waals surface area contributed by atoms with Crippen LogP contribution in [0.3, 0.4) is 0 Å². The SMILES string of the molecule is CCOc1ccc(CCCC(=O)N2CC[C@H](C(=O)NC)C2)cc1C. The number of ether oxygens (including phenoxy) is 1. The number of aryl methyl sites for hydroxylation is 2. The highest BCUT2D eigenvalue weighted by Crippen LogP contribution is 2.21. The molecular formula is C19H28N2O3. The van der Waals surface area contributed by atoms with E-state index in [1.807, 2.05) is 24.8 Å². The molecule has 0 aromatic heterocycles. The van der Waals surface area contributed by atoms with Crippen molar-refractivity contribution >= 4 is 11.8 Å². The smallest absolute Gasteiger partial charge is 0.224 e. The molecule has 5 nitrogen and oxygen atoms in total. The Labute approximate surface area is 144 Å². The van der Waals surface area contributed by atoms with Gasteiger partial charge in [-0.15, -0.1) is 0 Å². The molecule has 2 rings (SSSR count). The van der Waals surface area contributed by atoms with Crippen LogP contribution in [-0.2, 0) is 16.0 Å². The molecule has 0 unspecified atom stereocenters. The summed E-state index contributed by atoms with van der Waals surface area (Å²) in [6.45, 7) is 5.94. The van der Waals surface area contributed by atoms with Crippen molar-refractivity contribution in [2.24, 2.45) is 5.92 Å². The zero-order chi connectivity index (χ0) is 17.5. The molecule has 0 aliphatic carbocycles. The molecule has 0 saturated carbocycles. The number of hydrogen-bond donors (Lipinski definition) is 1. The van der Waals surface area contributed by atoms with E-state index in [9.17, 15) is 9.59 Å². The fourth-order valence-corrected chi connectivity index (χ4v) is 3.19. The minimum absolute atomic E-state index is 0.0372. The van der Waals surface area contributed by atoms with Crippen molar-refractivity contribution in [2.45, 2.75) is 39.5 Å². The lowest BCUT2D eigenvalue weighted by atomic mass is 10.0. The van der Waals surface area contributed by atoms with E-state index in [0.29, 0.717) is 26.1 Å². The van der Waals surface area contributed by atoms with Gasteiger partial charge in [-0.2, -0.15) is 0 Å². The van der Waals surface area contributed by atoms with Crippen LogP contribution in [-0.4, -0.2) is 43.5 Å². The Hall–Kier alpha value is -2.04. The van der Waals surface area contributed by atoms with E-state index in [1.54, 1.807) is 7.05 Å². The van der Waals surface area contributed by atoms with Crippen LogP contribution in [0, 0.1) is 12.8 Å². The van der Waals surface area contributed by atoms with Crippen molar-refractivity contribution < 1.29 is 14.3 Å². The van der Waals surface area contributed by atoms with Gasteiger partial charge >= 0.3 is 0 Å². The summed E-state index contributed by atoms with van der Waals surface area (Å²) in [6.07, 6.45) is 3.01. The molecule has 5 heteroatoms. The number of amides is 2. The van der Waals surface area contributed by atoms with Crippen molar-refractivity contribution in [1.29, 1.82) is 0 Å². The maximum absolute atomic E-state index is 12.3. The van der Waals surface area contributed by atoms with Crippen LogP contribution in [0.1, 0.15) is 37.3 Å². The molecule has 1 atom stereocenters. The van der Waals surface area contributed by atoms with Crippen molar-refractivity contribution in [3.05, 3.63) is 29.3 Å². The van der Waals surface area contributed by atoms with Gasteiger partial charge in [-0.3, -0.25) is 9.59 Å². The monoisotopic (exact) mass is 332 g/mol. The maximum Gasteiger partial charge on any atom is 0.224 e. The Kier molecular flexibility index (Phi) is 6.64. The molecule has 0 spiro atoms. The molecule has 1 aromatic carbocycles. The molecule has 1 heterocycles. The van der Waals surface area contributed by atoms with Gasteiger partial charge in [0.1, 0.15) is 5.75 Å². The number of rotatable bonds is 7. The van der Waals surface area contributed by atoms with E-state index in [0.717, 1.165) is 30.6 Å². The third-order valence-electron chi connectivity index (χ3n) is 4.55. The first-order valence-corrected chi connectivity index (χ1v) is 8.76. The summed E-state index contributed by atoms with van der Waals surface area (Å²) < 4.78 is 5.55. The molecule has 24 heavy (non-hydrogen) atoms. The van der Waals surface area contributed by atoms with Crippen LogP contribution >= 0.6 is 0 Å². The lowest BCUT2D eigenvalue weighted by molar-refractivity contribution is -0.130. The second-order valence-corrected chi connectivity index (χ2v) is 6.33. The molecule has 1 aromatic rings. The van der Waals surface area contributed by atoms with Crippen LogP contribution in [0.5, 0.6) is 5.75 Å². The van der Waals surface area contributed by atoms with Gasteiger partial charge in [0.15, 0.2) is 0 Å².